The van der Waals surface area contributed by atoms with Crippen LogP contribution in [-0.4, -0.2) is 39.1 Å². The molecule has 0 bridgehead atoms. The highest BCUT2D eigenvalue weighted by Gasteiger charge is 2.31. The van der Waals surface area contributed by atoms with Crippen LogP contribution in [0.15, 0.2) is 29.8 Å². The average molecular weight is 399 g/mol. The maximum Gasteiger partial charge on any atom is 0.314 e. The fraction of sp³-hybridized carbons (Fsp3) is 0.286. The van der Waals surface area contributed by atoms with E-state index in [9.17, 15) is 14.9 Å². The topological polar surface area (TPSA) is 97.1 Å². The predicted octanol–water partition coefficient (Wildman–Crippen LogP) is 3.84. The van der Waals surface area contributed by atoms with E-state index in [2.05, 4.69) is 0 Å². The molecule has 8 nitrogen and oxygen atoms in total. The van der Waals surface area contributed by atoms with Crippen molar-refractivity contribution in [3.63, 3.8) is 0 Å². The van der Waals surface area contributed by atoms with Gasteiger partial charge >= 0.3 is 5.69 Å². The van der Waals surface area contributed by atoms with Crippen molar-refractivity contribution >= 4 is 17.5 Å². The third kappa shape index (κ3) is 3.61. The summed E-state index contributed by atoms with van der Waals surface area (Å²) in [6, 6.07) is 6.52. The van der Waals surface area contributed by atoms with Crippen LogP contribution in [0.5, 0.6) is 23.0 Å². The van der Waals surface area contributed by atoms with E-state index < -0.39 is 4.92 Å². The zero-order valence-electron chi connectivity index (χ0n) is 16.6. The van der Waals surface area contributed by atoms with Crippen LogP contribution in [0.4, 0.5) is 5.69 Å². The molecule has 152 valence electrons. The van der Waals surface area contributed by atoms with Gasteiger partial charge in [-0.15, -0.1) is 0 Å². The second kappa shape index (κ2) is 8.22. The molecule has 0 spiro atoms. The summed E-state index contributed by atoms with van der Waals surface area (Å²) in [5, 5.41) is 11.5. The molecule has 0 heterocycles. The SMILES string of the molecule is COc1cc(/C=C2\CCc3c(ccc(OC)c3[N+](=O)[O-])C2=O)cc(OC)c1OC. The number of nitro benzene ring substituents is 1. The summed E-state index contributed by atoms with van der Waals surface area (Å²) in [6.07, 6.45) is 2.48. The number of ketones is 1. The second-order valence-corrected chi connectivity index (χ2v) is 6.36. The highest BCUT2D eigenvalue weighted by molar-refractivity contribution is 6.14. The molecule has 0 amide bonds. The van der Waals surface area contributed by atoms with Crippen molar-refractivity contribution in [1.82, 2.24) is 0 Å². The van der Waals surface area contributed by atoms with E-state index in [0.29, 0.717) is 52.4 Å². The standard InChI is InChI=1S/C21H21NO7/c1-26-16-8-7-15-14(19(16)22(24)25)6-5-13(20(15)23)9-12-10-17(27-2)21(29-4)18(11-12)28-3/h7-11H,5-6H2,1-4H3/b13-9+. The number of fused-ring (bicyclic) bond motifs is 1. The van der Waals surface area contributed by atoms with Crippen LogP contribution in [0.3, 0.4) is 0 Å². The van der Waals surface area contributed by atoms with E-state index >= 15 is 0 Å². The van der Waals surface area contributed by atoms with Gasteiger partial charge in [-0.25, -0.2) is 0 Å². The third-order valence-corrected chi connectivity index (χ3v) is 4.86. The van der Waals surface area contributed by atoms with Gasteiger partial charge in [0.2, 0.25) is 5.75 Å². The molecule has 1 aliphatic rings. The van der Waals surface area contributed by atoms with Crippen molar-refractivity contribution in [2.24, 2.45) is 0 Å². The number of Topliss-reactive ketones (excluding diaryl/α,β-unsaturated/α-hetero) is 1. The third-order valence-electron chi connectivity index (χ3n) is 4.86. The Morgan fingerprint density at radius 2 is 1.55 bits per heavy atom. The zero-order chi connectivity index (χ0) is 21.1. The summed E-state index contributed by atoms with van der Waals surface area (Å²) in [5.41, 5.74) is 1.83. The number of hydrogen-bond acceptors (Lipinski definition) is 7. The minimum atomic E-state index is -0.501. The van der Waals surface area contributed by atoms with Crippen molar-refractivity contribution in [3.05, 3.63) is 56.6 Å². The molecule has 0 fully saturated rings. The number of nitrogens with zero attached hydrogens (tertiary/aromatic N) is 1. The van der Waals surface area contributed by atoms with Crippen LogP contribution in [-0.2, 0) is 6.42 Å². The lowest BCUT2D eigenvalue weighted by Gasteiger charge is -2.19. The summed E-state index contributed by atoms with van der Waals surface area (Å²) in [5.74, 6) is 1.31. The molecular weight excluding hydrogens is 378 g/mol. The van der Waals surface area contributed by atoms with Crippen LogP contribution in [0.2, 0.25) is 0 Å². The van der Waals surface area contributed by atoms with Crippen LogP contribution in [0.25, 0.3) is 6.08 Å². The Labute approximate surface area is 167 Å². The van der Waals surface area contributed by atoms with Crippen molar-refractivity contribution in [3.8, 4) is 23.0 Å². The number of carbonyl (C=O) groups is 1. The molecular formula is C21H21NO7. The smallest absolute Gasteiger partial charge is 0.314 e. The summed E-state index contributed by atoms with van der Waals surface area (Å²) >= 11 is 0. The largest absolute Gasteiger partial charge is 0.493 e. The molecule has 29 heavy (non-hydrogen) atoms. The van der Waals surface area contributed by atoms with E-state index in [-0.39, 0.29) is 17.2 Å². The Kier molecular flexibility index (Phi) is 5.72. The maximum atomic E-state index is 13.0. The predicted molar refractivity (Wildman–Crippen MR) is 106 cm³/mol. The quantitative estimate of drug-likeness (QED) is 0.413. The molecule has 0 radical (unpaired) electrons. The number of carbonyl (C=O) groups excluding carboxylic acids is 1. The molecule has 0 aliphatic heterocycles. The zero-order valence-corrected chi connectivity index (χ0v) is 16.6. The van der Waals surface area contributed by atoms with Crippen LogP contribution >= 0.6 is 0 Å². The average Bonchev–Trinajstić information content (AvgIpc) is 2.73. The highest BCUT2D eigenvalue weighted by Crippen LogP contribution is 2.41. The first-order valence-electron chi connectivity index (χ1n) is 8.84. The van der Waals surface area contributed by atoms with E-state index in [1.54, 1.807) is 24.3 Å². The van der Waals surface area contributed by atoms with Crippen molar-refractivity contribution in [1.29, 1.82) is 0 Å². The van der Waals surface area contributed by atoms with Gasteiger partial charge in [-0.1, -0.05) is 0 Å². The number of nitro groups is 1. The molecule has 0 N–H and O–H groups in total. The maximum absolute atomic E-state index is 13.0. The first-order chi connectivity index (χ1) is 13.9. The van der Waals surface area contributed by atoms with E-state index in [1.807, 2.05) is 0 Å². The van der Waals surface area contributed by atoms with Crippen molar-refractivity contribution in [2.45, 2.75) is 12.8 Å². The van der Waals surface area contributed by atoms with Crippen LogP contribution < -0.4 is 18.9 Å². The molecule has 2 aromatic rings. The van der Waals surface area contributed by atoms with E-state index in [4.69, 9.17) is 18.9 Å². The number of methoxy groups -OCH3 is 4. The first-order valence-corrected chi connectivity index (χ1v) is 8.84. The molecule has 3 rings (SSSR count). The molecule has 0 saturated carbocycles. The molecule has 0 saturated heterocycles. The first kappa shape index (κ1) is 20.2. The summed E-state index contributed by atoms with van der Waals surface area (Å²) < 4.78 is 21.1. The molecule has 0 unspecified atom stereocenters. The molecule has 0 atom stereocenters. The van der Waals surface area contributed by atoms with Gasteiger partial charge in [0.15, 0.2) is 23.0 Å². The van der Waals surface area contributed by atoms with Crippen molar-refractivity contribution in [2.75, 3.05) is 28.4 Å². The van der Waals surface area contributed by atoms with Gasteiger partial charge in [-0.3, -0.25) is 14.9 Å². The normalized spacial score (nSPS) is 14.3. The monoisotopic (exact) mass is 399 g/mol. The number of ether oxygens (including phenoxy) is 4. The Bertz CT molecular complexity index is 985. The van der Waals surface area contributed by atoms with Crippen LogP contribution in [0, 0.1) is 10.1 Å². The fourth-order valence-electron chi connectivity index (χ4n) is 3.52. The fourth-order valence-corrected chi connectivity index (χ4v) is 3.52. The van der Waals surface area contributed by atoms with Crippen LogP contribution in [0.1, 0.15) is 27.9 Å². The summed E-state index contributed by atoms with van der Waals surface area (Å²) in [4.78, 5) is 24.0. The van der Waals surface area contributed by atoms with Gasteiger partial charge in [0.05, 0.1) is 33.4 Å². The Balaban J connectivity index is 2.06. The van der Waals surface area contributed by atoms with Gasteiger partial charge < -0.3 is 18.9 Å². The minimum absolute atomic E-state index is 0.148. The Morgan fingerprint density at radius 3 is 2.07 bits per heavy atom. The molecule has 2 aromatic carbocycles. The lowest BCUT2D eigenvalue weighted by molar-refractivity contribution is -0.386. The lowest BCUT2D eigenvalue weighted by atomic mass is 9.85. The number of rotatable bonds is 6. The molecule has 1 aliphatic carbocycles. The summed E-state index contributed by atoms with van der Waals surface area (Å²) in [6.45, 7) is 0. The van der Waals surface area contributed by atoms with Gasteiger partial charge in [0, 0.05) is 16.7 Å². The Hall–Kier alpha value is -3.55. The van der Waals surface area contributed by atoms with Gasteiger partial charge in [-0.2, -0.15) is 0 Å². The van der Waals surface area contributed by atoms with E-state index in [0.717, 1.165) is 0 Å². The number of allylic oxidation sites excluding steroid dienone is 1. The van der Waals surface area contributed by atoms with E-state index in [1.165, 1.54) is 34.5 Å². The number of hydrogen-bond donors (Lipinski definition) is 0. The van der Waals surface area contributed by atoms with Gasteiger partial charge in [0.1, 0.15) is 0 Å². The molecule has 0 aromatic heterocycles. The van der Waals surface area contributed by atoms with Gasteiger partial charge in [0.25, 0.3) is 0 Å². The molecule has 8 heteroatoms. The number of benzene rings is 2. The Morgan fingerprint density at radius 1 is 0.931 bits per heavy atom. The van der Waals surface area contributed by atoms with Gasteiger partial charge in [-0.05, 0) is 48.7 Å². The second-order valence-electron chi connectivity index (χ2n) is 6.36. The van der Waals surface area contributed by atoms with Crippen molar-refractivity contribution < 1.29 is 28.7 Å². The highest BCUT2D eigenvalue weighted by atomic mass is 16.6. The lowest BCUT2D eigenvalue weighted by Crippen LogP contribution is -2.16. The summed E-state index contributed by atoms with van der Waals surface area (Å²) in [7, 11) is 5.92. The minimum Gasteiger partial charge on any atom is -0.493 e.